The number of carboxylic acid groups (broad SMARTS) is 1. The van der Waals surface area contributed by atoms with Crippen LogP contribution in [0.15, 0.2) is 47.0 Å². The smallest absolute Gasteiger partial charge is 0.307 e. The summed E-state index contributed by atoms with van der Waals surface area (Å²) >= 11 is 0. The molecular formula is C18H16N2O4. The van der Waals surface area contributed by atoms with Crippen LogP contribution in [0.3, 0.4) is 0 Å². The van der Waals surface area contributed by atoms with Crippen molar-refractivity contribution in [3.05, 3.63) is 59.3 Å². The van der Waals surface area contributed by atoms with Crippen molar-refractivity contribution in [2.45, 2.75) is 19.8 Å². The fourth-order valence-electron chi connectivity index (χ4n) is 2.47. The standard InChI is InChI=1S/C18H16N2O4/c1-11-2-7-16-14(8-11)15(20-24-16)10-17(21)19-13-5-3-12(4-6-13)9-18(22)23/h2-8H,9-10H2,1H3,(H,19,21)(H,22,23). The van der Waals surface area contributed by atoms with Crippen molar-refractivity contribution in [1.29, 1.82) is 0 Å². The second-order valence-electron chi connectivity index (χ2n) is 5.62. The lowest BCUT2D eigenvalue weighted by Crippen LogP contribution is -2.14. The summed E-state index contributed by atoms with van der Waals surface area (Å²) in [5.74, 6) is -1.10. The summed E-state index contributed by atoms with van der Waals surface area (Å²) in [6.45, 7) is 1.97. The van der Waals surface area contributed by atoms with Crippen molar-refractivity contribution in [2.24, 2.45) is 0 Å². The summed E-state index contributed by atoms with van der Waals surface area (Å²) in [6, 6.07) is 12.4. The van der Waals surface area contributed by atoms with Gasteiger partial charge in [-0.1, -0.05) is 28.9 Å². The number of aryl methyl sites for hydroxylation is 1. The highest BCUT2D eigenvalue weighted by molar-refractivity contribution is 5.94. The molecule has 6 nitrogen and oxygen atoms in total. The SMILES string of the molecule is Cc1ccc2onc(CC(=O)Nc3ccc(CC(=O)O)cc3)c2c1. The number of carboxylic acids is 1. The fourth-order valence-corrected chi connectivity index (χ4v) is 2.47. The molecule has 0 atom stereocenters. The number of aromatic nitrogens is 1. The Morgan fingerprint density at radius 3 is 2.58 bits per heavy atom. The minimum absolute atomic E-state index is 0.0431. The van der Waals surface area contributed by atoms with Crippen LogP contribution in [0.2, 0.25) is 0 Å². The molecule has 0 radical (unpaired) electrons. The number of carbonyl (C=O) groups is 2. The van der Waals surface area contributed by atoms with Crippen LogP contribution in [0.25, 0.3) is 11.0 Å². The van der Waals surface area contributed by atoms with Gasteiger partial charge in [-0.2, -0.15) is 0 Å². The molecule has 0 unspecified atom stereocenters. The van der Waals surface area contributed by atoms with Crippen LogP contribution in [-0.2, 0) is 22.4 Å². The van der Waals surface area contributed by atoms with Gasteiger partial charge in [0.1, 0.15) is 5.69 Å². The summed E-state index contributed by atoms with van der Waals surface area (Å²) in [4.78, 5) is 22.8. The van der Waals surface area contributed by atoms with Gasteiger partial charge in [0.05, 0.1) is 12.8 Å². The van der Waals surface area contributed by atoms with E-state index >= 15 is 0 Å². The summed E-state index contributed by atoms with van der Waals surface area (Å²) in [5.41, 5.74) is 3.60. The van der Waals surface area contributed by atoms with Gasteiger partial charge in [-0.3, -0.25) is 9.59 Å². The van der Waals surface area contributed by atoms with Crippen molar-refractivity contribution in [1.82, 2.24) is 5.16 Å². The number of nitrogens with zero attached hydrogens (tertiary/aromatic N) is 1. The van der Waals surface area contributed by atoms with Crippen molar-refractivity contribution >= 4 is 28.5 Å². The second-order valence-corrected chi connectivity index (χ2v) is 5.62. The molecule has 0 aliphatic carbocycles. The first kappa shape index (κ1) is 15.7. The molecule has 2 aromatic carbocycles. The molecule has 0 fully saturated rings. The van der Waals surface area contributed by atoms with E-state index in [9.17, 15) is 9.59 Å². The molecule has 3 rings (SSSR count). The minimum Gasteiger partial charge on any atom is -0.481 e. The summed E-state index contributed by atoms with van der Waals surface area (Å²) in [6.07, 6.45) is 0.0613. The van der Waals surface area contributed by atoms with E-state index in [0.29, 0.717) is 22.5 Å². The summed E-state index contributed by atoms with van der Waals surface area (Å²) < 4.78 is 5.22. The highest BCUT2D eigenvalue weighted by atomic mass is 16.5. The normalized spacial score (nSPS) is 10.7. The number of rotatable bonds is 5. The molecule has 122 valence electrons. The van der Waals surface area contributed by atoms with E-state index in [1.54, 1.807) is 24.3 Å². The van der Waals surface area contributed by atoms with Gasteiger partial charge in [0.2, 0.25) is 5.91 Å². The first-order chi connectivity index (χ1) is 11.5. The third-order valence-electron chi connectivity index (χ3n) is 3.62. The molecule has 0 saturated heterocycles. The Bertz CT molecular complexity index is 897. The van der Waals surface area contributed by atoms with Crippen LogP contribution in [-0.4, -0.2) is 22.1 Å². The molecule has 1 aromatic heterocycles. The average Bonchev–Trinajstić information content (AvgIpc) is 2.91. The van der Waals surface area contributed by atoms with Gasteiger partial charge < -0.3 is 14.9 Å². The van der Waals surface area contributed by atoms with Crippen LogP contribution >= 0.6 is 0 Å². The first-order valence-corrected chi connectivity index (χ1v) is 7.47. The Labute approximate surface area is 138 Å². The van der Waals surface area contributed by atoms with E-state index in [2.05, 4.69) is 10.5 Å². The van der Waals surface area contributed by atoms with Crippen LogP contribution in [0, 0.1) is 6.92 Å². The third kappa shape index (κ3) is 3.60. The van der Waals surface area contributed by atoms with Crippen molar-refractivity contribution in [2.75, 3.05) is 5.32 Å². The summed E-state index contributed by atoms with van der Waals surface area (Å²) in [7, 11) is 0. The fraction of sp³-hybridized carbons (Fsp3) is 0.167. The zero-order valence-electron chi connectivity index (χ0n) is 13.1. The van der Waals surface area contributed by atoms with E-state index in [1.807, 2.05) is 25.1 Å². The predicted molar refractivity (Wildman–Crippen MR) is 88.9 cm³/mol. The van der Waals surface area contributed by atoms with Crippen LogP contribution in [0.4, 0.5) is 5.69 Å². The van der Waals surface area contributed by atoms with Gasteiger partial charge in [-0.15, -0.1) is 0 Å². The molecule has 1 amide bonds. The molecule has 24 heavy (non-hydrogen) atoms. The quantitative estimate of drug-likeness (QED) is 0.753. The van der Waals surface area contributed by atoms with Crippen molar-refractivity contribution < 1.29 is 19.2 Å². The lowest BCUT2D eigenvalue weighted by molar-refractivity contribution is -0.136. The van der Waals surface area contributed by atoms with Crippen LogP contribution in [0.5, 0.6) is 0 Å². The molecule has 0 saturated carbocycles. The maximum Gasteiger partial charge on any atom is 0.307 e. The second kappa shape index (κ2) is 6.54. The van der Waals surface area contributed by atoms with Gasteiger partial charge in [0.25, 0.3) is 0 Å². The van der Waals surface area contributed by atoms with E-state index in [4.69, 9.17) is 9.63 Å². The highest BCUT2D eigenvalue weighted by Crippen LogP contribution is 2.20. The molecule has 0 aliphatic heterocycles. The van der Waals surface area contributed by atoms with Gasteiger partial charge in [0, 0.05) is 11.1 Å². The lowest BCUT2D eigenvalue weighted by Gasteiger charge is -2.05. The number of aliphatic carboxylic acids is 1. The Kier molecular flexibility index (Phi) is 4.29. The van der Waals surface area contributed by atoms with E-state index in [0.717, 1.165) is 10.9 Å². The third-order valence-corrected chi connectivity index (χ3v) is 3.62. The largest absolute Gasteiger partial charge is 0.481 e. The van der Waals surface area contributed by atoms with Crippen molar-refractivity contribution in [3.63, 3.8) is 0 Å². The molecule has 0 bridgehead atoms. The lowest BCUT2D eigenvalue weighted by atomic mass is 10.1. The highest BCUT2D eigenvalue weighted by Gasteiger charge is 2.13. The average molecular weight is 324 g/mol. The van der Waals surface area contributed by atoms with Gasteiger partial charge in [-0.25, -0.2) is 0 Å². The number of amides is 1. The number of hydrogen-bond acceptors (Lipinski definition) is 4. The first-order valence-electron chi connectivity index (χ1n) is 7.47. The number of fused-ring (bicyclic) bond motifs is 1. The minimum atomic E-state index is -0.889. The Morgan fingerprint density at radius 2 is 1.88 bits per heavy atom. The summed E-state index contributed by atoms with van der Waals surface area (Å²) in [5, 5.41) is 16.3. The van der Waals surface area contributed by atoms with Crippen LogP contribution in [0.1, 0.15) is 16.8 Å². The molecule has 3 aromatic rings. The topological polar surface area (TPSA) is 92.4 Å². The molecular weight excluding hydrogens is 308 g/mol. The van der Waals surface area contributed by atoms with Crippen LogP contribution < -0.4 is 5.32 Å². The number of hydrogen-bond donors (Lipinski definition) is 2. The maximum atomic E-state index is 12.2. The Hall–Kier alpha value is -3.15. The van der Waals surface area contributed by atoms with Gasteiger partial charge >= 0.3 is 5.97 Å². The van der Waals surface area contributed by atoms with Gasteiger partial charge in [-0.05, 0) is 36.8 Å². The van der Waals surface area contributed by atoms with E-state index in [1.165, 1.54) is 0 Å². The Morgan fingerprint density at radius 1 is 1.12 bits per heavy atom. The molecule has 0 spiro atoms. The monoisotopic (exact) mass is 324 g/mol. The molecule has 2 N–H and O–H groups in total. The molecule has 6 heteroatoms. The zero-order chi connectivity index (χ0) is 17.1. The Balaban J connectivity index is 1.68. The molecule has 0 aliphatic rings. The van der Waals surface area contributed by atoms with E-state index in [-0.39, 0.29) is 18.7 Å². The molecule has 1 heterocycles. The van der Waals surface area contributed by atoms with E-state index < -0.39 is 5.97 Å². The van der Waals surface area contributed by atoms with Gasteiger partial charge in [0.15, 0.2) is 5.58 Å². The number of anilines is 1. The predicted octanol–water partition coefficient (Wildman–Crippen LogP) is 2.94. The number of benzene rings is 2. The number of nitrogens with one attached hydrogen (secondary N) is 1. The maximum absolute atomic E-state index is 12.2. The van der Waals surface area contributed by atoms with Crippen molar-refractivity contribution in [3.8, 4) is 0 Å². The number of carbonyl (C=O) groups excluding carboxylic acids is 1. The zero-order valence-corrected chi connectivity index (χ0v) is 13.1.